The molecule has 2 N–H and O–H groups in total. The van der Waals surface area contributed by atoms with E-state index in [-0.39, 0.29) is 45.9 Å². The number of nitrogens with zero attached hydrogens (tertiary/aromatic N) is 1. The van der Waals surface area contributed by atoms with E-state index in [1.807, 2.05) is 0 Å². The number of methoxy groups -OCH3 is 2. The van der Waals surface area contributed by atoms with Crippen molar-refractivity contribution in [2.24, 2.45) is 0 Å². The van der Waals surface area contributed by atoms with Gasteiger partial charge in [-0.25, -0.2) is 13.6 Å². The van der Waals surface area contributed by atoms with Crippen LogP contribution in [-0.2, 0) is 9.59 Å². The SMILES string of the molecule is COc1cc(C(=O)O)cc(OC)c1NC(=O)CCN1C(=O)/C(=C/c2cc(-c3ccc(F)c(F)c3)cs2)SC1=S. The van der Waals surface area contributed by atoms with Crippen molar-refractivity contribution >= 4 is 69.2 Å². The molecule has 3 aromatic rings. The number of rotatable bonds is 9. The predicted octanol–water partition coefficient (Wildman–Crippen LogP) is 5.64. The third-order valence-corrected chi connectivity index (χ3v) is 7.86. The number of carbonyl (C=O) groups excluding carboxylic acids is 2. The Bertz CT molecular complexity index is 1500. The van der Waals surface area contributed by atoms with Gasteiger partial charge in [0.05, 0.1) is 24.7 Å². The van der Waals surface area contributed by atoms with Crippen molar-refractivity contribution in [1.29, 1.82) is 0 Å². The van der Waals surface area contributed by atoms with E-state index in [1.165, 1.54) is 48.7 Å². The first-order valence-electron chi connectivity index (χ1n) is 11.2. The first-order valence-corrected chi connectivity index (χ1v) is 13.3. The zero-order chi connectivity index (χ0) is 28.3. The molecule has 8 nitrogen and oxygen atoms in total. The molecule has 1 aliphatic rings. The van der Waals surface area contributed by atoms with E-state index in [0.717, 1.165) is 28.8 Å². The molecule has 2 amide bonds. The number of carboxylic acids is 1. The molecule has 0 radical (unpaired) electrons. The molecule has 0 aliphatic carbocycles. The number of hydrogen-bond donors (Lipinski definition) is 2. The Morgan fingerprint density at radius 1 is 1.08 bits per heavy atom. The number of amides is 2. The van der Waals surface area contributed by atoms with Crippen molar-refractivity contribution in [3.63, 3.8) is 0 Å². The first-order chi connectivity index (χ1) is 18.6. The number of thioether (sulfide) groups is 1. The van der Waals surface area contributed by atoms with Crippen LogP contribution in [0, 0.1) is 11.6 Å². The summed E-state index contributed by atoms with van der Waals surface area (Å²) in [6, 6.07) is 7.91. The second-order valence-electron chi connectivity index (χ2n) is 8.06. The number of carbonyl (C=O) groups is 3. The molecule has 1 aliphatic heterocycles. The molecule has 2 aromatic carbocycles. The maximum Gasteiger partial charge on any atom is 0.335 e. The fourth-order valence-electron chi connectivity index (χ4n) is 3.65. The zero-order valence-corrected chi connectivity index (χ0v) is 22.9. The molecular formula is C26H20F2N2O6S3. The lowest BCUT2D eigenvalue weighted by Gasteiger charge is -2.17. The molecule has 202 valence electrons. The van der Waals surface area contributed by atoms with Gasteiger partial charge in [-0.3, -0.25) is 14.5 Å². The van der Waals surface area contributed by atoms with Crippen molar-refractivity contribution in [3.8, 4) is 22.6 Å². The number of benzene rings is 2. The number of thiocarbonyl (C=S) groups is 1. The lowest BCUT2D eigenvalue weighted by molar-refractivity contribution is -0.122. The summed E-state index contributed by atoms with van der Waals surface area (Å²) < 4.78 is 37.6. The van der Waals surface area contributed by atoms with E-state index in [4.69, 9.17) is 21.7 Å². The number of ether oxygens (including phenoxy) is 2. The second-order valence-corrected chi connectivity index (χ2v) is 10.7. The number of nitrogens with one attached hydrogen (secondary N) is 1. The minimum atomic E-state index is -1.19. The molecule has 1 aromatic heterocycles. The monoisotopic (exact) mass is 590 g/mol. The zero-order valence-electron chi connectivity index (χ0n) is 20.4. The molecular weight excluding hydrogens is 570 g/mol. The van der Waals surface area contributed by atoms with Gasteiger partial charge in [0, 0.05) is 17.8 Å². The molecule has 0 bridgehead atoms. The molecule has 0 spiro atoms. The molecule has 0 saturated carbocycles. The quantitative estimate of drug-likeness (QED) is 0.244. The molecule has 2 heterocycles. The Morgan fingerprint density at radius 2 is 1.77 bits per heavy atom. The first kappa shape index (κ1) is 28.2. The van der Waals surface area contributed by atoms with Gasteiger partial charge >= 0.3 is 5.97 Å². The lowest BCUT2D eigenvalue weighted by Crippen LogP contribution is -2.31. The average molecular weight is 591 g/mol. The lowest BCUT2D eigenvalue weighted by atomic mass is 10.1. The molecule has 1 saturated heterocycles. The van der Waals surface area contributed by atoms with Crippen molar-refractivity contribution in [2.45, 2.75) is 6.42 Å². The smallest absolute Gasteiger partial charge is 0.335 e. The van der Waals surface area contributed by atoms with E-state index in [9.17, 15) is 28.3 Å². The Labute approximate surface area is 235 Å². The van der Waals surface area contributed by atoms with Crippen LogP contribution in [0.2, 0.25) is 0 Å². The van der Waals surface area contributed by atoms with Crippen LogP contribution in [0.3, 0.4) is 0 Å². The van der Waals surface area contributed by atoms with Crippen molar-refractivity contribution in [1.82, 2.24) is 4.90 Å². The second kappa shape index (κ2) is 11.9. The van der Waals surface area contributed by atoms with Crippen LogP contribution in [-0.4, -0.2) is 52.9 Å². The third kappa shape index (κ3) is 6.27. The topological polar surface area (TPSA) is 105 Å². The highest BCUT2D eigenvalue weighted by atomic mass is 32.2. The highest BCUT2D eigenvalue weighted by Gasteiger charge is 2.32. The van der Waals surface area contributed by atoms with Gasteiger partial charge in [-0.2, -0.15) is 0 Å². The summed E-state index contributed by atoms with van der Waals surface area (Å²) in [5.74, 6) is -3.68. The third-order valence-electron chi connectivity index (χ3n) is 5.60. The fraction of sp³-hybridized carbons (Fsp3) is 0.154. The molecule has 0 atom stereocenters. The standard InChI is InChI=1S/C26H20F2N2O6S3/c1-35-19-9-14(25(33)34)10-20(36-2)23(19)29-22(31)5-6-30-24(32)21(39-26(30)37)11-16-7-15(12-38-16)13-3-4-17(27)18(28)8-13/h3-4,7-12H,5-6H2,1-2H3,(H,29,31)(H,33,34)/b21-11-. The highest BCUT2D eigenvalue weighted by molar-refractivity contribution is 8.26. The Kier molecular flexibility index (Phi) is 8.63. The van der Waals surface area contributed by atoms with E-state index in [2.05, 4.69) is 5.32 Å². The summed E-state index contributed by atoms with van der Waals surface area (Å²) in [5, 5.41) is 13.7. The minimum Gasteiger partial charge on any atom is -0.494 e. The number of aromatic carboxylic acids is 1. The molecule has 4 rings (SSSR count). The Balaban J connectivity index is 1.42. The molecule has 13 heteroatoms. The minimum absolute atomic E-state index is 0.0101. The Morgan fingerprint density at radius 3 is 2.38 bits per heavy atom. The molecule has 39 heavy (non-hydrogen) atoms. The predicted molar refractivity (Wildman–Crippen MR) is 149 cm³/mol. The van der Waals surface area contributed by atoms with Crippen LogP contribution in [0.15, 0.2) is 46.7 Å². The van der Waals surface area contributed by atoms with Crippen LogP contribution < -0.4 is 14.8 Å². The number of halogens is 2. The van der Waals surface area contributed by atoms with E-state index < -0.39 is 23.5 Å². The number of thiophene rings is 1. The van der Waals surface area contributed by atoms with Gasteiger partial charge in [-0.05, 0) is 52.9 Å². The largest absolute Gasteiger partial charge is 0.494 e. The van der Waals surface area contributed by atoms with Gasteiger partial charge in [0.1, 0.15) is 21.5 Å². The summed E-state index contributed by atoms with van der Waals surface area (Å²) in [5.41, 5.74) is 1.28. The van der Waals surface area contributed by atoms with E-state index in [1.54, 1.807) is 17.5 Å². The summed E-state index contributed by atoms with van der Waals surface area (Å²) in [7, 11) is 2.66. The van der Waals surface area contributed by atoms with Crippen LogP contribution in [0.4, 0.5) is 14.5 Å². The fourth-order valence-corrected chi connectivity index (χ4v) is 5.87. The van der Waals surface area contributed by atoms with Gasteiger partial charge < -0.3 is 19.9 Å². The maximum absolute atomic E-state index is 13.6. The highest BCUT2D eigenvalue weighted by Crippen LogP contribution is 2.37. The Hall–Kier alpha value is -3.81. The summed E-state index contributed by atoms with van der Waals surface area (Å²) in [4.78, 5) is 39.4. The van der Waals surface area contributed by atoms with Crippen LogP contribution in [0.25, 0.3) is 17.2 Å². The normalized spacial score (nSPS) is 14.2. The van der Waals surface area contributed by atoms with Crippen molar-refractivity contribution in [2.75, 3.05) is 26.1 Å². The summed E-state index contributed by atoms with van der Waals surface area (Å²) >= 11 is 7.77. The number of carboxylic acid groups (broad SMARTS) is 1. The summed E-state index contributed by atoms with van der Waals surface area (Å²) in [6.45, 7) is 0.0101. The van der Waals surface area contributed by atoms with E-state index >= 15 is 0 Å². The van der Waals surface area contributed by atoms with Crippen molar-refractivity contribution in [3.05, 3.63) is 68.8 Å². The number of anilines is 1. The van der Waals surface area contributed by atoms with Gasteiger partial charge in [0.25, 0.3) is 5.91 Å². The van der Waals surface area contributed by atoms with Gasteiger partial charge in [-0.1, -0.05) is 30.0 Å². The summed E-state index contributed by atoms with van der Waals surface area (Å²) in [6.07, 6.45) is 1.55. The van der Waals surface area contributed by atoms with Gasteiger partial charge in [0.2, 0.25) is 5.91 Å². The maximum atomic E-state index is 13.6. The van der Waals surface area contributed by atoms with Gasteiger partial charge in [-0.15, -0.1) is 11.3 Å². The van der Waals surface area contributed by atoms with Gasteiger partial charge in [0.15, 0.2) is 11.6 Å². The molecule has 1 fully saturated rings. The van der Waals surface area contributed by atoms with Crippen LogP contribution >= 0.6 is 35.3 Å². The number of hydrogen-bond acceptors (Lipinski definition) is 8. The van der Waals surface area contributed by atoms with Crippen molar-refractivity contribution < 1.29 is 37.7 Å². The van der Waals surface area contributed by atoms with E-state index in [0.29, 0.717) is 16.0 Å². The molecule has 0 unspecified atom stereocenters. The van der Waals surface area contributed by atoms with Crippen LogP contribution in [0.1, 0.15) is 21.7 Å². The average Bonchev–Trinajstić information content (AvgIpc) is 3.48. The van der Waals surface area contributed by atoms with Crippen LogP contribution in [0.5, 0.6) is 11.5 Å².